The van der Waals surface area contributed by atoms with E-state index in [1.54, 1.807) is 6.07 Å². The minimum Gasteiger partial charge on any atom is -0.396 e. The number of para-hydroxylation sites is 1. The summed E-state index contributed by atoms with van der Waals surface area (Å²) in [6.45, 7) is 6.31. The first-order valence-electron chi connectivity index (χ1n) is 6.07. The number of benzene rings is 1. The highest BCUT2D eigenvalue weighted by atomic mass is 19.1. The van der Waals surface area contributed by atoms with Gasteiger partial charge in [0, 0.05) is 24.7 Å². The summed E-state index contributed by atoms with van der Waals surface area (Å²) < 4.78 is 13.4. The van der Waals surface area contributed by atoms with Crippen molar-refractivity contribution in [3.8, 4) is 0 Å². The standard InChI is InChI=1S/C14H19FN2/c1-10(2)17-8-6-11(7-9-17)12-4-3-5-13(15)14(12)16/h3-6,10H,7-9,16H2,1-2H3. The highest BCUT2D eigenvalue weighted by molar-refractivity contribution is 5.75. The molecule has 17 heavy (non-hydrogen) atoms. The molecule has 1 aliphatic rings. The zero-order valence-electron chi connectivity index (χ0n) is 10.4. The molecule has 0 amide bonds. The van der Waals surface area contributed by atoms with Gasteiger partial charge in [0.25, 0.3) is 0 Å². The number of nitrogen functional groups attached to an aromatic ring is 1. The average molecular weight is 234 g/mol. The van der Waals surface area contributed by atoms with Gasteiger partial charge in [0.2, 0.25) is 0 Å². The van der Waals surface area contributed by atoms with Crippen molar-refractivity contribution in [2.75, 3.05) is 18.8 Å². The average Bonchev–Trinajstić information content (AvgIpc) is 2.33. The Morgan fingerprint density at radius 3 is 2.71 bits per heavy atom. The van der Waals surface area contributed by atoms with E-state index in [1.165, 1.54) is 11.6 Å². The summed E-state index contributed by atoms with van der Waals surface area (Å²) in [7, 11) is 0. The molecular weight excluding hydrogens is 215 g/mol. The Morgan fingerprint density at radius 2 is 2.12 bits per heavy atom. The van der Waals surface area contributed by atoms with E-state index < -0.39 is 0 Å². The summed E-state index contributed by atoms with van der Waals surface area (Å²) in [5.41, 5.74) is 8.07. The Labute approximate surface area is 102 Å². The smallest absolute Gasteiger partial charge is 0.146 e. The van der Waals surface area contributed by atoms with Crippen molar-refractivity contribution in [2.45, 2.75) is 26.3 Å². The fraction of sp³-hybridized carbons (Fsp3) is 0.429. The zero-order chi connectivity index (χ0) is 12.4. The molecule has 0 radical (unpaired) electrons. The van der Waals surface area contributed by atoms with Gasteiger partial charge in [-0.2, -0.15) is 0 Å². The maximum atomic E-state index is 13.4. The van der Waals surface area contributed by atoms with Crippen molar-refractivity contribution in [1.82, 2.24) is 4.90 Å². The van der Waals surface area contributed by atoms with Crippen molar-refractivity contribution in [2.24, 2.45) is 0 Å². The fourth-order valence-electron chi connectivity index (χ4n) is 2.22. The van der Waals surface area contributed by atoms with Crippen LogP contribution in [0.1, 0.15) is 25.8 Å². The number of hydrogen-bond donors (Lipinski definition) is 1. The van der Waals surface area contributed by atoms with Gasteiger partial charge >= 0.3 is 0 Å². The highest BCUT2D eigenvalue weighted by Gasteiger charge is 2.17. The lowest BCUT2D eigenvalue weighted by Gasteiger charge is -2.30. The lowest BCUT2D eigenvalue weighted by molar-refractivity contribution is 0.245. The van der Waals surface area contributed by atoms with E-state index >= 15 is 0 Å². The van der Waals surface area contributed by atoms with Gasteiger partial charge in [-0.25, -0.2) is 4.39 Å². The molecule has 0 unspecified atom stereocenters. The second kappa shape index (κ2) is 4.88. The highest BCUT2D eigenvalue weighted by Crippen LogP contribution is 2.28. The van der Waals surface area contributed by atoms with Crippen LogP contribution in [0.15, 0.2) is 24.3 Å². The number of hydrogen-bond acceptors (Lipinski definition) is 2. The first kappa shape index (κ1) is 12.1. The Hall–Kier alpha value is -1.35. The van der Waals surface area contributed by atoms with Crippen LogP contribution in [-0.4, -0.2) is 24.0 Å². The molecule has 0 saturated heterocycles. The van der Waals surface area contributed by atoms with Gasteiger partial charge in [-0.3, -0.25) is 4.90 Å². The van der Waals surface area contributed by atoms with Gasteiger partial charge in [-0.05, 0) is 31.9 Å². The van der Waals surface area contributed by atoms with E-state index in [0.717, 1.165) is 25.1 Å². The molecule has 0 saturated carbocycles. The van der Waals surface area contributed by atoms with Crippen molar-refractivity contribution in [3.05, 3.63) is 35.7 Å². The Bertz CT molecular complexity index is 438. The van der Waals surface area contributed by atoms with Crippen molar-refractivity contribution < 1.29 is 4.39 Å². The summed E-state index contributed by atoms with van der Waals surface area (Å²) in [6, 6.07) is 5.58. The van der Waals surface area contributed by atoms with Gasteiger partial charge < -0.3 is 5.73 Å². The molecule has 0 aromatic heterocycles. The van der Waals surface area contributed by atoms with Crippen LogP contribution in [0.3, 0.4) is 0 Å². The molecule has 0 bridgehead atoms. The van der Waals surface area contributed by atoms with Gasteiger partial charge in [0.15, 0.2) is 0 Å². The van der Waals surface area contributed by atoms with Crippen molar-refractivity contribution in [1.29, 1.82) is 0 Å². The van der Waals surface area contributed by atoms with E-state index in [2.05, 4.69) is 24.8 Å². The predicted octanol–water partition coefficient (Wildman–Crippen LogP) is 2.91. The van der Waals surface area contributed by atoms with Crippen LogP contribution < -0.4 is 5.73 Å². The Kier molecular flexibility index (Phi) is 3.48. The normalized spacial score (nSPS) is 17.3. The summed E-state index contributed by atoms with van der Waals surface area (Å²) in [5, 5.41) is 0. The monoisotopic (exact) mass is 234 g/mol. The minimum absolute atomic E-state index is 0.275. The molecule has 0 spiro atoms. The quantitative estimate of drug-likeness (QED) is 0.797. The first-order valence-corrected chi connectivity index (χ1v) is 6.07. The molecular formula is C14H19FN2. The molecule has 3 heteroatoms. The van der Waals surface area contributed by atoms with E-state index in [9.17, 15) is 4.39 Å². The molecule has 2 nitrogen and oxygen atoms in total. The van der Waals surface area contributed by atoms with Crippen LogP contribution in [0, 0.1) is 5.82 Å². The third-order valence-corrected chi connectivity index (χ3v) is 3.37. The molecule has 0 fully saturated rings. The summed E-state index contributed by atoms with van der Waals surface area (Å²) in [5.74, 6) is -0.324. The number of anilines is 1. The van der Waals surface area contributed by atoms with Gasteiger partial charge in [0.05, 0.1) is 5.69 Å². The second-order valence-electron chi connectivity index (χ2n) is 4.77. The number of nitrogens with zero attached hydrogens (tertiary/aromatic N) is 1. The molecule has 0 atom stereocenters. The maximum Gasteiger partial charge on any atom is 0.146 e. The number of halogens is 1. The summed E-state index contributed by atoms with van der Waals surface area (Å²) in [6.07, 6.45) is 3.10. The van der Waals surface area contributed by atoms with Crippen molar-refractivity contribution >= 4 is 11.3 Å². The van der Waals surface area contributed by atoms with Gasteiger partial charge in [0.1, 0.15) is 5.82 Å². The number of nitrogens with two attached hydrogens (primary N) is 1. The molecule has 1 aromatic rings. The third kappa shape index (κ3) is 2.50. The molecule has 1 aliphatic heterocycles. The first-order chi connectivity index (χ1) is 8.09. The minimum atomic E-state index is -0.324. The molecule has 1 heterocycles. The SMILES string of the molecule is CC(C)N1CC=C(c2cccc(F)c2N)CC1. The van der Waals surface area contributed by atoms with Crippen molar-refractivity contribution in [3.63, 3.8) is 0 Å². The molecule has 1 aromatic carbocycles. The molecule has 0 aliphatic carbocycles. The molecule has 92 valence electrons. The molecule has 2 rings (SSSR count). The van der Waals surface area contributed by atoms with E-state index in [1.807, 2.05) is 6.07 Å². The van der Waals surface area contributed by atoms with Gasteiger partial charge in [-0.1, -0.05) is 18.2 Å². The fourth-order valence-corrected chi connectivity index (χ4v) is 2.22. The van der Waals surface area contributed by atoms with E-state index in [0.29, 0.717) is 6.04 Å². The van der Waals surface area contributed by atoms with E-state index in [4.69, 9.17) is 5.73 Å². The Morgan fingerprint density at radius 1 is 1.35 bits per heavy atom. The number of rotatable bonds is 2. The predicted molar refractivity (Wildman–Crippen MR) is 70.1 cm³/mol. The lowest BCUT2D eigenvalue weighted by Crippen LogP contribution is -2.34. The lowest BCUT2D eigenvalue weighted by atomic mass is 9.97. The third-order valence-electron chi connectivity index (χ3n) is 3.37. The van der Waals surface area contributed by atoms with Crippen LogP contribution in [0.25, 0.3) is 5.57 Å². The summed E-state index contributed by atoms with van der Waals surface area (Å²) >= 11 is 0. The van der Waals surface area contributed by atoms with Gasteiger partial charge in [-0.15, -0.1) is 0 Å². The topological polar surface area (TPSA) is 29.3 Å². The van der Waals surface area contributed by atoms with Crippen LogP contribution >= 0.6 is 0 Å². The molecule has 2 N–H and O–H groups in total. The zero-order valence-corrected chi connectivity index (χ0v) is 10.4. The maximum absolute atomic E-state index is 13.4. The Balaban J connectivity index is 2.22. The van der Waals surface area contributed by atoms with Crippen LogP contribution in [0.5, 0.6) is 0 Å². The van der Waals surface area contributed by atoms with Crippen LogP contribution in [-0.2, 0) is 0 Å². The van der Waals surface area contributed by atoms with Crippen LogP contribution in [0.2, 0.25) is 0 Å². The second-order valence-corrected chi connectivity index (χ2v) is 4.77. The summed E-state index contributed by atoms with van der Waals surface area (Å²) in [4.78, 5) is 2.39. The van der Waals surface area contributed by atoms with Crippen LogP contribution in [0.4, 0.5) is 10.1 Å². The van der Waals surface area contributed by atoms with E-state index in [-0.39, 0.29) is 11.5 Å². The largest absolute Gasteiger partial charge is 0.396 e.